The third-order valence-electron chi connectivity index (χ3n) is 5.83. The lowest BCUT2D eigenvalue weighted by Gasteiger charge is -2.16. The van der Waals surface area contributed by atoms with Crippen LogP contribution < -0.4 is 24.3 Å². The van der Waals surface area contributed by atoms with Gasteiger partial charge in [0.25, 0.3) is 0 Å². The van der Waals surface area contributed by atoms with E-state index in [1.807, 2.05) is 42.5 Å². The van der Waals surface area contributed by atoms with Crippen LogP contribution in [0, 0.1) is 0 Å². The number of ether oxygens (including phenoxy) is 4. The highest BCUT2D eigenvalue weighted by molar-refractivity contribution is 6.01. The van der Waals surface area contributed by atoms with Crippen LogP contribution in [0.3, 0.4) is 0 Å². The summed E-state index contributed by atoms with van der Waals surface area (Å²) in [6.45, 7) is 0.216. The van der Waals surface area contributed by atoms with Gasteiger partial charge in [0, 0.05) is 24.8 Å². The zero-order valence-electron chi connectivity index (χ0n) is 17.3. The molecule has 0 saturated heterocycles. The Kier molecular flexibility index (Phi) is 4.66. The van der Waals surface area contributed by atoms with Crippen LogP contribution in [-0.4, -0.2) is 31.9 Å². The number of pyridine rings is 1. The highest BCUT2D eigenvalue weighted by atomic mass is 16.7. The van der Waals surface area contributed by atoms with Crippen LogP contribution in [0.2, 0.25) is 0 Å². The minimum absolute atomic E-state index is 0. The van der Waals surface area contributed by atoms with E-state index in [-0.39, 0.29) is 14.1 Å². The molecular formula is C24H24N2O5. The molecule has 0 spiro atoms. The number of hydrogen-bond acceptors (Lipinski definition) is 6. The van der Waals surface area contributed by atoms with Crippen molar-refractivity contribution >= 4 is 11.7 Å². The van der Waals surface area contributed by atoms with Crippen molar-refractivity contribution in [3.63, 3.8) is 0 Å². The number of rotatable bonds is 6. The molecule has 0 atom stereocenters. The Morgan fingerprint density at radius 1 is 1.03 bits per heavy atom. The van der Waals surface area contributed by atoms with Crippen LogP contribution in [0.1, 0.15) is 19.8 Å². The summed E-state index contributed by atoms with van der Waals surface area (Å²) in [6, 6.07) is 15.0. The monoisotopic (exact) mass is 420 g/mol. The molecule has 0 radical (unpaired) electrons. The van der Waals surface area contributed by atoms with Gasteiger partial charge in [-0.2, -0.15) is 0 Å². The minimum Gasteiger partial charge on any atom is -0.497 e. The van der Waals surface area contributed by atoms with Crippen molar-refractivity contribution in [2.75, 3.05) is 26.3 Å². The smallest absolute Gasteiger partial charge is 0.236 e. The first-order valence-corrected chi connectivity index (χ1v) is 10.0. The van der Waals surface area contributed by atoms with Gasteiger partial charge < -0.3 is 24.3 Å². The van der Waals surface area contributed by atoms with Crippen molar-refractivity contribution in [2.24, 2.45) is 0 Å². The van der Waals surface area contributed by atoms with E-state index >= 15 is 0 Å². The number of nitrogens with one attached hydrogen (secondary N) is 1. The van der Waals surface area contributed by atoms with Crippen LogP contribution in [-0.2, 0) is 10.2 Å². The van der Waals surface area contributed by atoms with Gasteiger partial charge in [-0.1, -0.05) is 6.07 Å². The lowest BCUT2D eigenvalue weighted by Crippen LogP contribution is -2.28. The molecule has 160 valence electrons. The molecule has 1 aliphatic heterocycles. The van der Waals surface area contributed by atoms with Crippen molar-refractivity contribution in [1.29, 1.82) is 0 Å². The molecule has 3 aromatic rings. The van der Waals surface area contributed by atoms with E-state index in [9.17, 15) is 4.79 Å². The van der Waals surface area contributed by atoms with Crippen molar-refractivity contribution in [1.82, 2.24) is 4.98 Å². The van der Waals surface area contributed by atoms with Crippen molar-refractivity contribution in [3.05, 3.63) is 60.3 Å². The van der Waals surface area contributed by atoms with E-state index in [0.717, 1.165) is 35.3 Å². The Morgan fingerprint density at radius 3 is 2.58 bits per heavy atom. The summed E-state index contributed by atoms with van der Waals surface area (Å²) in [6.07, 6.45) is 3.30. The summed E-state index contributed by atoms with van der Waals surface area (Å²) in [4.78, 5) is 17.5. The number of hydrogen-bond donors (Lipinski definition) is 1. The molecule has 1 amide bonds. The second-order valence-electron chi connectivity index (χ2n) is 7.60. The molecule has 2 aromatic carbocycles. The average Bonchev–Trinajstić information content (AvgIpc) is 3.50. The molecule has 31 heavy (non-hydrogen) atoms. The Balaban J connectivity index is 0.00000245. The molecule has 7 nitrogen and oxygen atoms in total. The van der Waals surface area contributed by atoms with Gasteiger partial charge in [0.15, 0.2) is 11.5 Å². The molecule has 2 aliphatic rings. The molecule has 1 aromatic heterocycles. The maximum absolute atomic E-state index is 13.1. The Morgan fingerprint density at radius 2 is 1.87 bits per heavy atom. The third kappa shape index (κ3) is 3.42. The lowest BCUT2D eigenvalue weighted by molar-refractivity contribution is -0.118. The average molecular weight is 420 g/mol. The standard InChI is InChI=1S/C24H22N2O5.H2/c1-28-17-5-6-18(20(12-17)29-2)15-3-8-22(25-13-15)26-23(27)24(9-10-24)16-4-7-19-21(11-16)31-14-30-19;/h3-8,11-13H,9-10,14H2,1-2H3,(H,25,26,27);1H. The second-order valence-corrected chi connectivity index (χ2v) is 7.60. The highest BCUT2D eigenvalue weighted by Crippen LogP contribution is 2.51. The number of fused-ring (bicyclic) bond motifs is 1. The molecule has 0 unspecified atom stereocenters. The van der Waals surface area contributed by atoms with Gasteiger partial charge in [0.05, 0.1) is 19.6 Å². The molecule has 7 heteroatoms. The predicted molar refractivity (Wildman–Crippen MR) is 117 cm³/mol. The number of amides is 1. The van der Waals surface area contributed by atoms with Crippen molar-refractivity contribution < 1.29 is 25.2 Å². The van der Waals surface area contributed by atoms with Crippen LogP contribution in [0.25, 0.3) is 11.1 Å². The zero-order chi connectivity index (χ0) is 21.4. The van der Waals surface area contributed by atoms with E-state index in [2.05, 4.69) is 10.3 Å². The fourth-order valence-corrected chi connectivity index (χ4v) is 3.87. The molecule has 1 fully saturated rings. The van der Waals surface area contributed by atoms with Gasteiger partial charge in [-0.3, -0.25) is 4.79 Å². The van der Waals surface area contributed by atoms with E-state index in [1.165, 1.54) is 0 Å². The Bertz CT molecular complexity index is 1150. The summed E-state index contributed by atoms with van der Waals surface area (Å²) in [5.41, 5.74) is 2.18. The second kappa shape index (κ2) is 7.50. The number of aromatic nitrogens is 1. The van der Waals surface area contributed by atoms with E-state index in [1.54, 1.807) is 26.5 Å². The first-order chi connectivity index (χ1) is 15.1. The normalized spacial score (nSPS) is 15.3. The molecule has 1 N–H and O–H groups in total. The fraction of sp³-hybridized carbons (Fsp3) is 0.250. The summed E-state index contributed by atoms with van der Waals surface area (Å²) in [5, 5.41) is 2.96. The van der Waals surface area contributed by atoms with Gasteiger partial charge in [0.2, 0.25) is 12.7 Å². The third-order valence-corrected chi connectivity index (χ3v) is 5.83. The maximum atomic E-state index is 13.1. The number of carbonyl (C=O) groups is 1. The van der Waals surface area contributed by atoms with E-state index in [4.69, 9.17) is 18.9 Å². The topological polar surface area (TPSA) is 78.9 Å². The number of carbonyl (C=O) groups excluding carboxylic acids is 1. The number of nitrogens with zero attached hydrogens (tertiary/aromatic N) is 1. The molecule has 0 bridgehead atoms. The Hall–Kier alpha value is -3.74. The van der Waals surface area contributed by atoms with Gasteiger partial charge >= 0.3 is 0 Å². The van der Waals surface area contributed by atoms with Gasteiger partial charge in [-0.15, -0.1) is 0 Å². The van der Waals surface area contributed by atoms with E-state index in [0.29, 0.717) is 23.1 Å². The van der Waals surface area contributed by atoms with Crippen LogP contribution in [0.15, 0.2) is 54.7 Å². The van der Waals surface area contributed by atoms with Crippen LogP contribution >= 0.6 is 0 Å². The summed E-state index contributed by atoms with van der Waals surface area (Å²) in [7, 11) is 3.23. The number of anilines is 1. The molecule has 2 heterocycles. The number of methoxy groups -OCH3 is 2. The molecule has 1 saturated carbocycles. The summed E-state index contributed by atoms with van der Waals surface area (Å²) in [5.74, 6) is 3.26. The number of benzene rings is 2. The SMILES string of the molecule is COc1ccc(-c2ccc(NC(=O)C3(c4ccc5c(c4)OCO5)CC3)nc2)c(OC)c1.[HH]. The van der Waals surface area contributed by atoms with Gasteiger partial charge in [-0.05, 0) is 54.8 Å². The first kappa shape index (κ1) is 19.2. The summed E-state index contributed by atoms with van der Waals surface area (Å²) < 4.78 is 21.6. The fourth-order valence-electron chi connectivity index (χ4n) is 3.87. The molecular weight excluding hydrogens is 396 g/mol. The van der Waals surface area contributed by atoms with Crippen molar-refractivity contribution in [2.45, 2.75) is 18.3 Å². The van der Waals surface area contributed by atoms with Gasteiger partial charge in [0.1, 0.15) is 17.3 Å². The lowest BCUT2D eigenvalue weighted by atomic mass is 9.94. The largest absolute Gasteiger partial charge is 0.497 e. The first-order valence-electron chi connectivity index (χ1n) is 10.0. The maximum Gasteiger partial charge on any atom is 0.236 e. The zero-order valence-corrected chi connectivity index (χ0v) is 17.3. The minimum atomic E-state index is -0.541. The molecule has 5 rings (SSSR count). The van der Waals surface area contributed by atoms with Gasteiger partial charge in [-0.25, -0.2) is 4.98 Å². The Labute approximate surface area is 181 Å². The summed E-state index contributed by atoms with van der Waals surface area (Å²) >= 11 is 0. The molecule has 1 aliphatic carbocycles. The highest BCUT2D eigenvalue weighted by Gasteiger charge is 2.51. The predicted octanol–water partition coefficient (Wildman–Crippen LogP) is 4.41. The van der Waals surface area contributed by atoms with Crippen LogP contribution in [0.5, 0.6) is 23.0 Å². The van der Waals surface area contributed by atoms with Crippen LogP contribution in [0.4, 0.5) is 5.82 Å². The van der Waals surface area contributed by atoms with Crippen molar-refractivity contribution in [3.8, 4) is 34.1 Å². The van der Waals surface area contributed by atoms with E-state index < -0.39 is 5.41 Å². The quantitative estimate of drug-likeness (QED) is 0.636.